The van der Waals surface area contributed by atoms with Crippen LogP contribution in [0, 0.1) is 12.7 Å². The molecule has 0 spiro atoms. The van der Waals surface area contributed by atoms with E-state index in [9.17, 15) is 17.6 Å². The lowest BCUT2D eigenvalue weighted by Crippen LogP contribution is -2.33. The molecule has 0 aliphatic heterocycles. The number of ether oxygens (including phenoxy) is 1. The second-order valence-electron chi connectivity index (χ2n) is 5.86. The van der Waals surface area contributed by atoms with Crippen LogP contribution in [0.2, 0.25) is 0 Å². The lowest BCUT2D eigenvalue weighted by molar-refractivity contribution is -0.665. The van der Waals surface area contributed by atoms with E-state index in [4.69, 9.17) is 4.74 Å². The first-order chi connectivity index (χ1) is 12.2. The number of aromatic nitrogens is 3. The predicted molar refractivity (Wildman–Crippen MR) is 86.0 cm³/mol. The fourth-order valence-corrected chi connectivity index (χ4v) is 2.61. The van der Waals surface area contributed by atoms with Crippen LogP contribution in [0.15, 0.2) is 42.5 Å². The van der Waals surface area contributed by atoms with Gasteiger partial charge in [0.1, 0.15) is 24.3 Å². The van der Waals surface area contributed by atoms with Crippen molar-refractivity contribution in [3.63, 3.8) is 0 Å². The van der Waals surface area contributed by atoms with E-state index in [2.05, 4.69) is 5.10 Å². The Kier molecular flexibility index (Phi) is 4.43. The van der Waals surface area contributed by atoms with Crippen molar-refractivity contribution in [2.75, 3.05) is 0 Å². The van der Waals surface area contributed by atoms with Gasteiger partial charge < -0.3 is 4.74 Å². The maximum absolute atomic E-state index is 13.2. The zero-order chi connectivity index (χ0) is 19.1. The molecule has 0 saturated heterocycles. The molecule has 0 atom stereocenters. The minimum atomic E-state index is -4.52. The molecule has 0 bridgehead atoms. The molecular weight excluding hydrogens is 350 g/mol. The summed E-state index contributed by atoms with van der Waals surface area (Å²) >= 11 is 0. The summed E-state index contributed by atoms with van der Waals surface area (Å²) in [6.45, 7) is 1.71. The third-order valence-electron chi connectivity index (χ3n) is 3.97. The van der Waals surface area contributed by atoms with Gasteiger partial charge in [-0.2, -0.15) is 22.8 Å². The second kappa shape index (κ2) is 6.44. The van der Waals surface area contributed by atoms with E-state index >= 15 is 0 Å². The number of benzene rings is 1. The van der Waals surface area contributed by atoms with Gasteiger partial charge in [0.2, 0.25) is 5.69 Å². The molecular formula is C18H16F4N3O+. The molecule has 136 valence electrons. The topological polar surface area (TPSA) is 30.9 Å². The number of pyridine rings is 1. The molecule has 4 nitrogen and oxygen atoms in total. The molecule has 0 N–H and O–H groups in total. The molecule has 0 unspecified atom stereocenters. The van der Waals surface area contributed by atoms with E-state index < -0.39 is 11.9 Å². The largest absolute Gasteiger partial charge is 0.435 e. The quantitative estimate of drug-likeness (QED) is 0.515. The molecule has 2 heterocycles. The fraction of sp³-hybridized carbons (Fsp3) is 0.222. The Morgan fingerprint density at radius 1 is 1.12 bits per heavy atom. The van der Waals surface area contributed by atoms with Gasteiger partial charge >= 0.3 is 12.1 Å². The van der Waals surface area contributed by atoms with E-state index in [0.717, 1.165) is 6.07 Å². The highest BCUT2D eigenvalue weighted by atomic mass is 19.4. The molecule has 3 aromatic rings. The van der Waals surface area contributed by atoms with Gasteiger partial charge in [0.25, 0.3) is 0 Å². The van der Waals surface area contributed by atoms with Gasteiger partial charge in [0.15, 0.2) is 5.69 Å². The number of halogens is 4. The van der Waals surface area contributed by atoms with Crippen molar-refractivity contribution in [2.45, 2.75) is 13.1 Å². The average molecular weight is 366 g/mol. The maximum Gasteiger partial charge on any atom is 0.435 e. The summed E-state index contributed by atoms with van der Waals surface area (Å²) in [6, 6.07) is 10.1. The monoisotopic (exact) mass is 366 g/mol. The van der Waals surface area contributed by atoms with Crippen LogP contribution in [-0.2, 0) is 20.3 Å². The van der Waals surface area contributed by atoms with Crippen molar-refractivity contribution >= 4 is 0 Å². The molecule has 0 amide bonds. The first-order valence-corrected chi connectivity index (χ1v) is 7.71. The predicted octanol–water partition coefficient (Wildman–Crippen LogP) is 4.17. The van der Waals surface area contributed by atoms with Crippen LogP contribution < -0.4 is 9.30 Å². The van der Waals surface area contributed by atoms with Crippen LogP contribution in [0.1, 0.15) is 11.3 Å². The van der Waals surface area contributed by atoms with Gasteiger partial charge in [0.05, 0.1) is 6.07 Å². The smallest absolute Gasteiger partial charge is 0.405 e. The fourth-order valence-electron chi connectivity index (χ4n) is 2.61. The van der Waals surface area contributed by atoms with Crippen molar-refractivity contribution in [1.82, 2.24) is 9.78 Å². The molecule has 8 heteroatoms. The van der Waals surface area contributed by atoms with E-state index in [1.165, 1.54) is 29.9 Å². The number of hydrogen-bond acceptors (Lipinski definition) is 2. The molecule has 26 heavy (non-hydrogen) atoms. The normalized spacial score (nSPS) is 11.7. The van der Waals surface area contributed by atoms with Crippen molar-refractivity contribution in [3.05, 3.63) is 59.5 Å². The van der Waals surface area contributed by atoms with Crippen LogP contribution in [0.3, 0.4) is 0 Å². The van der Waals surface area contributed by atoms with Gasteiger partial charge in [-0.15, -0.1) is 0 Å². The Balaban J connectivity index is 2.01. The molecule has 0 radical (unpaired) electrons. The van der Waals surface area contributed by atoms with Gasteiger partial charge in [0, 0.05) is 19.2 Å². The number of aryl methyl sites for hydroxylation is 2. The second-order valence-corrected chi connectivity index (χ2v) is 5.86. The number of alkyl halides is 3. The molecule has 0 aliphatic rings. The molecule has 0 fully saturated rings. The third-order valence-corrected chi connectivity index (χ3v) is 3.97. The summed E-state index contributed by atoms with van der Waals surface area (Å²) in [4.78, 5) is 0. The third kappa shape index (κ3) is 3.40. The minimum Gasteiger partial charge on any atom is -0.405 e. The van der Waals surface area contributed by atoms with Crippen LogP contribution in [-0.4, -0.2) is 9.78 Å². The van der Waals surface area contributed by atoms with Crippen molar-refractivity contribution < 1.29 is 26.9 Å². The summed E-state index contributed by atoms with van der Waals surface area (Å²) in [5, 5.41) is 3.53. The summed E-state index contributed by atoms with van der Waals surface area (Å²) in [5.41, 5.74) is 0.430. The van der Waals surface area contributed by atoms with Crippen molar-refractivity contribution in [3.8, 4) is 23.0 Å². The Bertz CT molecular complexity index is 964. The molecule has 2 aromatic heterocycles. The number of rotatable bonds is 3. The highest BCUT2D eigenvalue weighted by molar-refractivity contribution is 5.52. The van der Waals surface area contributed by atoms with Crippen LogP contribution in [0.25, 0.3) is 11.4 Å². The van der Waals surface area contributed by atoms with E-state index in [1.54, 1.807) is 36.7 Å². The van der Waals surface area contributed by atoms with Crippen LogP contribution >= 0.6 is 0 Å². The SMILES string of the molecule is Cc1cc(F)ccc1Oc1cccc(-c2cc(C(F)(F)F)nn2C)[n+]1C. The van der Waals surface area contributed by atoms with Gasteiger partial charge in [-0.1, -0.05) is 0 Å². The summed E-state index contributed by atoms with van der Waals surface area (Å²) in [7, 11) is 3.12. The lowest BCUT2D eigenvalue weighted by Gasteiger charge is -2.08. The Hall–Kier alpha value is -2.90. The van der Waals surface area contributed by atoms with Gasteiger partial charge in [-0.05, 0) is 36.8 Å². The maximum atomic E-state index is 13.2. The van der Waals surface area contributed by atoms with E-state index in [-0.39, 0.29) is 5.82 Å². The summed E-state index contributed by atoms with van der Waals surface area (Å²) in [6.07, 6.45) is -4.52. The van der Waals surface area contributed by atoms with Gasteiger partial charge in [-0.25, -0.2) is 4.39 Å². The number of nitrogens with zero attached hydrogens (tertiary/aromatic N) is 3. The first-order valence-electron chi connectivity index (χ1n) is 7.71. The highest BCUT2D eigenvalue weighted by Gasteiger charge is 2.35. The highest BCUT2D eigenvalue weighted by Crippen LogP contribution is 2.31. The standard InChI is InChI=1S/C18H16F4N3O/c1-11-9-12(19)7-8-15(11)26-17-6-4-5-13(24(17)2)14-10-16(18(20,21)22)23-25(14)3/h4-10H,1-3H3/q+1. The van der Waals surface area contributed by atoms with E-state index in [0.29, 0.717) is 28.6 Å². The average Bonchev–Trinajstić information content (AvgIpc) is 2.94. The molecule has 0 aliphatic carbocycles. The van der Waals surface area contributed by atoms with Crippen LogP contribution in [0.4, 0.5) is 17.6 Å². The first kappa shape index (κ1) is 17.9. The Labute approximate surface area is 147 Å². The molecule has 0 saturated carbocycles. The van der Waals surface area contributed by atoms with Gasteiger partial charge in [-0.3, -0.25) is 4.68 Å². The number of hydrogen-bond donors (Lipinski definition) is 0. The summed E-state index contributed by atoms with van der Waals surface area (Å²) < 4.78 is 60.5. The van der Waals surface area contributed by atoms with Crippen molar-refractivity contribution in [2.24, 2.45) is 14.1 Å². The molecule has 1 aromatic carbocycles. The van der Waals surface area contributed by atoms with Crippen LogP contribution in [0.5, 0.6) is 11.6 Å². The Morgan fingerprint density at radius 2 is 1.85 bits per heavy atom. The Morgan fingerprint density at radius 3 is 2.46 bits per heavy atom. The van der Waals surface area contributed by atoms with Crippen molar-refractivity contribution in [1.29, 1.82) is 0 Å². The minimum absolute atomic E-state index is 0.293. The zero-order valence-electron chi connectivity index (χ0n) is 14.3. The molecule has 3 rings (SSSR count). The van der Waals surface area contributed by atoms with E-state index in [1.807, 2.05) is 0 Å². The lowest BCUT2D eigenvalue weighted by atomic mass is 10.2. The zero-order valence-corrected chi connectivity index (χ0v) is 14.3. The summed E-state index contributed by atoms with van der Waals surface area (Å²) in [5.74, 6) is 0.481.